The Labute approximate surface area is 518 Å². The number of nitrogens with two attached hydrogens (primary N) is 2. The van der Waals surface area contributed by atoms with E-state index in [0.29, 0.717) is 0 Å². The van der Waals surface area contributed by atoms with Crippen LogP contribution in [0.1, 0.15) is 84.8 Å². The quantitative estimate of drug-likeness (QED) is 0.0846. The fourth-order valence-corrected chi connectivity index (χ4v) is 11.0. The highest BCUT2D eigenvalue weighted by atomic mass is 35.5. The van der Waals surface area contributed by atoms with E-state index < -0.39 is 213 Å². The van der Waals surface area contributed by atoms with E-state index in [2.05, 4.69) is 31.9 Å². The first-order chi connectivity index (χ1) is 42.5. The molecule has 5 aromatic carbocycles. The molecule has 10 unspecified atom stereocenters. The molecule has 0 radical (unpaired) electrons. The lowest BCUT2D eigenvalue weighted by atomic mass is 9.89. The summed E-state index contributed by atoms with van der Waals surface area (Å²) < 4.78 is 24.8. The largest absolute Gasteiger partial charge is 0.508 e. The van der Waals surface area contributed by atoms with Gasteiger partial charge in [0.25, 0.3) is 0 Å². The van der Waals surface area contributed by atoms with E-state index in [1.807, 2.05) is 0 Å². The van der Waals surface area contributed by atoms with E-state index in [0.717, 1.165) is 72.8 Å². The minimum absolute atomic E-state index is 0.0863. The number of halogens is 2. The number of amides is 7. The van der Waals surface area contributed by atoms with E-state index in [1.165, 1.54) is 6.07 Å². The number of rotatable bonds is 10. The summed E-state index contributed by atoms with van der Waals surface area (Å²) in [5, 5.41) is 125. The number of carboxylic acids is 1. The monoisotopic (exact) mass is 1290 g/mol. The zero-order valence-corrected chi connectivity index (χ0v) is 48.6. The van der Waals surface area contributed by atoms with Crippen molar-refractivity contribution in [3.05, 3.63) is 117 Å². The number of benzene rings is 5. The van der Waals surface area contributed by atoms with Crippen molar-refractivity contribution in [2.24, 2.45) is 17.4 Å². The standard InChI is InChI=1S/C58H60Cl2N8O22/c1-19(2)9-29(61)51(79)67-43-45(74)21-4-7-33(27(59)11-21)87-35-13-23-14-36(50(35)90-58-49(78)48(77)47(76)37(18-69)89-58)88-34-8-5-22(12-28(34)60)46(75)44-56(84)66-42(57(85)86)26-15-24(70)16-32(72)39(26)25-10-20(3-6-31(25)71)40(53(81)68-44)65-54(82)41(23)64-52(80)30(17-38(62)73)63-55(43)83/h3-8,10-16,19,29-30,37,40-49,58,69-72,74-78H,9,17-18,61H2,1-2H3,(H2,62,73)(H,63,83)(H,64,80)(H,65,82)(H,66,84)(H,67,79)(H,68,81)(H,85,86)/t29-,30?,37?,40?,41?,42?,43+,44+,45?,46-,47?,48?,49?,58?/m1/s1. The second kappa shape index (κ2) is 26.6. The molecule has 5 aromatic rings. The van der Waals surface area contributed by atoms with E-state index in [1.54, 1.807) is 13.8 Å². The van der Waals surface area contributed by atoms with Crippen molar-refractivity contribution in [1.82, 2.24) is 31.9 Å². The van der Waals surface area contributed by atoms with Gasteiger partial charge < -0.3 is 113 Å². The molecule has 0 aromatic heterocycles. The number of carbonyl (C=O) groups excluding carboxylic acids is 7. The summed E-state index contributed by atoms with van der Waals surface area (Å²) in [4.78, 5) is 115. The summed E-state index contributed by atoms with van der Waals surface area (Å²) in [6, 6.07) is -1.11. The number of aliphatic hydroxyl groups excluding tert-OH is 6. The fraction of sp³-hybridized carbons (Fsp3) is 0.345. The second-order valence-corrected chi connectivity index (χ2v) is 22.8. The van der Waals surface area contributed by atoms with Crippen molar-refractivity contribution >= 4 is 70.5 Å². The van der Waals surface area contributed by atoms with Crippen LogP contribution in [-0.4, -0.2) is 160 Å². The molecule has 478 valence electrons. The summed E-state index contributed by atoms with van der Waals surface area (Å²) in [7, 11) is 0. The fourth-order valence-electron chi connectivity index (χ4n) is 10.5. The Hall–Kier alpha value is -9.08. The predicted molar refractivity (Wildman–Crippen MR) is 308 cm³/mol. The zero-order chi connectivity index (χ0) is 65.5. The molecule has 30 nitrogen and oxygen atoms in total. The zero-order valence-electron chi connectivity index (χ0n) is 47.1. The van der Waals surface area contributed by atoms with Crippen LogP contribution in [0.3, 0.4) is 0 Å². The van der Waals surface area contributed by atoms with Crippen LogP contribution in [-0.2, 0) is 43.1 Å². The van der Waals surface area contributed by atoms with Gasteiger partial charge in [0.1, 0.15) is 95.6 Å². The van der Waals surface area contributed by atoms with Gasteiger partial charge in [0, 0.05) is 22.8 Å². The number of fused-ring (bicyclic) bond motifs is 15. The van der Waals surface area contributed by atoms with Crippen molar-refractivity contribution in [2.75, 3.05) is 6.61 Å². The van der Waals surface area contributed by atoms with Crippen LogP contribution in [0.2, 0.25) is 10.0 Å². The number of carboxylic acid groups (broad SMARTS) is 1. The highest BCUT2D eigenvalue weighted by Crippen LogP contribution is 2.49. The Morgan fingerprint density at radius 1 is 0.656 bits per heavy atom. The second-order valence-electron chi connectivity index (χ2n) is 21.9. The number of hydrogen-bond donors (Lipinski definition) is 18. The van der Waals surface area contributed by atoms with E-state index in [-0.39, 0.29) is 39.8 Å². The first-order valence-electron chi connectivity index (χ1n) is 27.5. The molecule has 11 rings (SSSR count). The minimum atomic E-state index is -2.32. The summed E-state index contributed by atoms with van der Waals surface area (Å²) in [5.41, 5.74) is 9.00. The average Bonchev–Trinajstić information content (AvgIpc) is 1.21. The molecule has 6 aliphatic heterocycles. The molecule has 6 heterocycles. The Bertz CT molecular complexity index is 3710. The van der Waals surface area contributed by atoms with Crippen molar-refractivity contribution in [3.63, 3.8) is 0 Å². The van der Waals surface area contributed by atoms with E-state index in [9.17, 15) is 75.0 Å². The number of primary amides is 1. The third-order valence-corrected chi connectivity index (χ3v) is 15.7. The van der Waals surface area contributed by atoms with E-state index >= 15 is 14.4 Å². The number of aliphatic carboxylic acids is 1. The molecule has 0 spiro atoms. The number of phenolic OH excluding ortho intramolecular Hbond substituents is 3. The van der Waals surface area contributed by atoms with Gasteiger partial charge in [0.05, 0.1) is 29.1 Å². The first kappa shape index (κ1) is 65.4. The van der Waals surface area contributed by atoms with Gasteiger partial charge in [0.2, 0.25) is 53.4 Å². The van der Waals surface area contributed by atoms with Crippen LogP contribution in [0.15, 0.2) is 78.9 Å². The molecule has 0 saturated carbocycles. The van der Waals surface area contributed by atoms with Crippen LogP contribution in [0.5, 0.6) is 46.0 Å². The molecule has 14 atom stereocenters. The summed E-state index contributed by atoms with van der Waals surface area (Å²) in [6.45, 7) is 2.56. The van der Waals surface area contributed by atoms with Gasteiger partial charge in [-0.2, -0.15) is 0 Å². The minimum Gasteiger partial charge on any atom is -0.508 e. The third kappa shape index (κ3) is 13.6. The van der Waals surface area contributed by atoms with Gasteiger partial charge in [-0.15, -0.1) is 0 Å². The van der Waals surface area contributed by atoms with Crippen LogP contribution in [0.4, 0.5) is 0 Å². The maximum absolute atomic E-state index is 15.7. The Kier molecular flexibility index (Phi) is 19.3. The van der Waals surface area contributed by atoms with Crippen molar-refractivity contribution in [3.8, 4) is 57.1 Å². The van der Waals surface area contributed by atoms with Crippen molar-refractivity contribution in [1.29, 1.82) is 0 Å². The lowest BCUT2D eigenvalue weighted by molar-refractivity contribution is -0.277. The maximum atomic E-state index is 15.7. The molecule has 90 heavy (non-hydrogen) atoms. The van der Waals surface area contributed by atoms with Gasteiger partial charge >= 0.3 is 5.97 Å². The van der Waals surface area contributed by atoms with Crippen LogP contribution in [0.25, 0.3) is 11.1 Å². The smallest absolute Gasteiger partial charge is 0.330 e. The summed E-state index contributed by atoms with van der Waals surface area (Å²) in [5.74, 6) is -16.2. The molecular weight excluding hydrogens is 1230 g/mol. The van der Waals surface area contributed by atoms with E-state index in [4.69, 9.17) is 53.6 Å². The highest BCUT2D eigenvalue weighted by molar-refractivity contribution is 6.32. The number of carbonyl (C=O) groups is 8. The van der Waals surface area contributed by atoms with Gasteiger partial charge in [0.15, 0.2) is 17.5 Å². The molecular formula is C58H60Cl2N8O22. The third-order valence-electron chi connectivity index (χ3n) is 15.1. The SMILES string of the molecule is CC(C)C[C@@H](N)C(=O)N[C@@H]1C(=O)NC(CC(N)=O)C(=O)NC2C(=O)NC3C(=O)N[C@H](C(=O)NC(C(=O)O)c4cc(O)cc(O)c4-c4cc3ccc4O)[C@H](O)c3ccc(c(Cl)c3)Oc3cc2cc(c3OC2OC(CO)C(O)C(O)C2O)Oc2ccc(cc2Cl)C1O. The molecule has 6 aliphatic rings. The van der Waals surface area contributed by atoms with Gasteiger partial charge in [-0.25, -0.2) is 4.79 Å². The molecule has 7 amide bonds. The number of hydrogen-bond acceptors (Lipinski definition) is 22. The Balaban J connectivity index is 1.32. The number of ether oxygens (including phenoxy) is 4. The highest BCUT2D eigenvalue weighted by Gasteiger charge is 2.47. The first-order valence-corrected chi connectivity index (χ1v) is 28.2. The van der Waals surface area contributed by atoms with Crippen molar-refractivity contribution < 1.29 is 108 Å². The molecule has 20 N–H and O–H groups in total. The molecule has 1 saturated heterocycles. The molecule has 11 bridgehead atoms. The van der Waals surface area contributed by atoms with Crippen LogP contribution >= 0.6 is 23.2 Å². The van der Waals surface area contributed by atoms with Crippen LogP contribution < -0.4 is 57.6 Å². The molecule has 0 aliphatic carbocycles. The molecule has 1 fully saturated rings. The Morgan fingerprint density at radius 2 is 1.24 bits per heavy atom. The van der Waals surface area contributed by atoms with Crippen LogP contribution in [0, 0.1) is 5.92 Å². The summed E-state index contributed by atoms with van der Waals surface area (Å²) >= 11 is 13.8. The van der Waals surface area contributed by atoms with Gasteiger partial charge in [-0.05, 0) is 89.2 Å². The number of aromatic hydroxyl groups is 3. The molecule has 32 heteroatoms. The summed E-state index contributed by atoms with van der Waals surface area (Å²) in [6.07, 6.45) is -15.1. The lowest BCUT2D eigenvalue weighted by Gasteiger charge is -2.39. The maximum Gasteiger partial charge on any atom is 0.330 e. The average molecular weight is 1290 g/mol. The number of aliphatic hydroxyl groups is 6. The predicted octanol–water partition coefficient (Wildman–Crippen LogP) is -0.392. The normalized spacial score (nSPS) is 26.4. The topological polar surface area (TPSA) is 500 Å². The number of phenols is 3. The lowest BCUT2D eigenvalue weighted by Crippen LogP contribution is -2.60. The van der Waals surface area contributed by atoms with Gasteiger partial charge in [-0.1, -0.05) is 55.2 Å². The number of nitrogens with one attached hydrogen (secondary N) is 6. The Morgan fingerprint density at radius 3 is 1.83 bits per heavy atom. The van der Waals surface area contributed by atoms with Crippen molar-refractivity contribution in [2.45, 2.75) is 112 Å². The van der Waals surface area contributed by atoms with Gasteiger partial charge in [-0.3, -0.25) is 33.6 Å².